The lowest BCUT2D eigenvalue weighted by molar-refractivity contribution is -0.132. The number of rotatable bonds is 9. The summed E-state index contributed by atoms with van der Waals surface area (Å²) >= 11 is 0. The van der Waals surface area contributed by atoms with Gasteiger partial charge in [-0.1, -0.05) is 6.07 Å². The van der Waals surface area contributed by atoms with Crippen LogP contribution in [0.3, 0.4) is 0 Å². The Morgan fingerprint density at radius 1 is 1.17 bits per heavy atom. The Kier molecular flexibility index (Phi) is 7.70. The molecule has 1 aromatic carbocycles. The number of anilines is 1. The first-order chi connectivity index (χ1) is 17.5. The van der Waals surface area contributed by atoms with E-state index in [9.17, 15) is 14.3 Å². The van der Waals surface area contributed by atoms with Crippen LogP contribution in [0.25, 0.3) is 0 Å². The monoisotopic (exact) mass is 496 g/mol. The summed E-state index contributed by atoms with van der Waals surface area (Å²) in [5.41, 5.74) is 1.46. The van der Waals surface area contributed by atoms with Crippen molar-refractivity contribution in [3.63, 3.8) is 0 Å². The van der Waals surface area contributed by atoms with E-state index in [0.29, 0.717) is 30.4 Å². The summed E-state index contributed by atoms with van der Waals surface area (Å²) in [6, 6.07) is 4.66. The molecule has 8 heteroatoms. The molecule has 1 aliphatic carbocycles. The van der Waals surface area contributed by atoms with E-state index in [1.165, 1.54) is 25.3 Å². The summed E-state index contributed by atoms with van der Waals surface area (Å²) < 4.78 is 20.5. The summed E-state index contributed by atoms with van der Waals surface area (Å²) in [4.78, 5) is 25.4. The molecular weight excluding hydrogens is 459 g/mol. The molecule has 2 aliphatic heterocycles. The average Bonchev–Trinajstić information content (AvgIpc) is 3.49. The summed E-state index contributed by atoms with van der Waals surface area (Å²) in [5.74, 6) is 3.04. The third kappa shape index (κ3) is 5.80. The molecule has 3 atom stereocenters. The van der Waals surface area contributed by atoms with E-state index >= 15 is 0 Å². The third-order valence-electron chi connectivity index (χ3n) is 8.20. The van der Waals surface area contributed by atoms with Crippen LogP contribution in [0.15, 0.2) is 30.6 Å². The van der Waals surface area contributed by atoms with Crippen molar-refractivity contribution in [1.82, 2.24) is 14.9 Å². The molecule has 3 fully saturated rings. The fraction of sp³-hybridized carbons (Fsp3) is 0.607. The van der Waals surface area contributed by atoms with Gasteiger partial charge in [0.2, 0.25) is 11.9 Å². The molecule has 0 bridgehead atoms. The number of aliphatic hydroxyl groups is 1. The topological polar surface area (TPSA) is 78.8 Å². The van der Waals surface area contributed by atoms with Crippen LogP contribution >= 0.6 is 0 Å². The van der Waals surface area contributed by atoms with Crippen LogP contribution in [-0.2, 0) is 11.2 Å². The number of hydrogen-bond acceptors (Lipinski definition) is 6. The second kappa shape index (κ2) is 11.1. The number of amides is 1. The number of aryl methyl sites for hydroxylation is 1. The first-order valence-corrected chi connectivity index (χ1v) is 13.4. The fourth-order valence-corrected chi connectivity index (χ4v) is 5.96. The van der Waals surface area contributed by atoms with Gasteiger partial charge in [-0.3, -0.25) is 4.79 Å². The molecule has 2 saturated heterocycles. The van der Waals surface area contributed by atoms with Crippen molar-refractivity contribution in [3.05, 3.63) is 47.5 Å². The zero-order valence-electron chi connectivity index (χ0n) is 21.1. The SMILES string of the molecule is Cc1cnc(N2CCC([C@H]3C[C@H]3CCOc3ccc(CC(=O)N4CCCC4CO)c(F)c3)CC2)nc1. The predicted octanol–water partition coefficient (Wildman–Crippen LogP) is 3.77. The summed E-state index contributed by atoms with van der Waals surface area (Å²) in [6.45, 7) is 5.21. The first-order valence-electron chi connectivity index (χ1n) is 13.4. The van der Waals surface area contributed by atoms with Crippen LogP contribution in [0.4, 0.5) is 10.3 Å². The van der Waals surface area contributed by atoms with Crippen molar-refractivity contribution < 1.29 is 19.0 Å². The highest BCUT2D eigenvalue weighted by Crippen LogP contribution is 2.49. The smallest absolute Gasteiger partial charge is 0.227 e. The van der Waals surface area contributed by atoms with E-state index in [2.05, 4.69) is 14.9 Å². The zero-order chi connectivity index (χ0) is 25.1. The van der Waals surface area contributed by atoms with E-state index in [0.717, 1.165) is 55.7 Å². The van der Waals surface area contributed by atoms with E-state index in [4.69, 9.17) is 4.74 Å². The Balaban J connectivity index is 1.03. The summed E-state index contributed by atoms with van der Waals surface area (Å²) in [7, 11) is 0. The van der Waals surface area contributed by atoms with Gasteiger partial charge in [-0.15, -0.1) is 0 Å². The minimum Gasteiger partial charge on any atom is -0.493 e. The standard InChI is InChI=1S/C28H37FN4O3/c1-19-16-30-28(31-17-19)32-10-6-20(7-11-32)25-13-21(25)8-12-36-24-5-4-22(26(29)15-24)14-27(35)33-9-2-3-23(33)18-34/h4-5,15-17,20-21,23,25,34H,2-3,6-14,18H2,1H3/t21-,23?,25-/m1/s1. The van der Waals surface area contributed by atoms with Crippen LogP contribution < -0.4 is 9.64 Å². The third-order valence-corrected chi connectivity index (χ3v) is 8.20. The summed E-state index contributed by atoms with van der Waals surface area (Å²) in [5, 5.41) is 9.43. The maximum atomic E-state index is 14.6. The van der Waals surface area contributed by atoms with Crippen molar-refractivity contribution in [1.29, 1.82) is 0 Å². The molecule has 1 N–H and O–H groups in total. The molecular formula is C28H37FN4O3. The number of piperidine rings is 1. The highest BCUT2D eigenvalue weighted by molar-refractivity contribution is 5.79. The van der Waals surface area contributed by atoms with Gasteiger partial charge in [0.1, 0.15) is 11.6 Å². The number of likely N-dealkylation sites (tertiary alicyclic amines) is 1. The van der Waals surface area contributed by atoms with Crippen LogP contribution in [-0.4, -0.2) is 64.8 Å². The zero-order valence-corrected chi connectivity index (χ0v) is 21.1. The molecule has 1 aromatic heterocycles. The van der Waals surface area contributed by atoms with E-state index in [1.807, 2.05) is 19.3 Å². The van der Waals surface area contributed by atoms with Crippen molar-refractivity contribution >= 4 is 11.9 Å². The van der Waals surface area contributed by atoms with Crippen LogP contribution in [0.5, 0.6) is 5.75 Å². The maximum absolute atomic E-state index is 14.6. The minimum absolute atomic E-state index is 0.0151. The number of aliphatic hydroxyl groups excluding tert-OH is 1. The molecule has 0 radical (unpaired) electrons. The quantitative estimate of drug-likeness (QED) is 0.569. The first kappa shape index (κ1) is 24.9. The molecule has 2 aromatic rings. The Morgan fingerprint density at radius 2 is 1.94 bits per heavy atom. The lowest BCUT2D eigenvalue weighted by atomic mass is 9.90. The second-order valence-electron chi connectivity index (χ2n) is 10.7. The fourth-order valence-electron chi connectivity index (χ4n) is 5.96. The summed E-state index contributed by atoms with van der Waals surface area (Å²) in [6.07, 6.45) is 10.1. The van der Waals surface area contributed by atoms with Gasteiger partial charge in [0.05, 0.1) is 25.7 Å². The molecule has 36 heavy (non-hydrogen) atoms. The Bertz CT molecular complexity index is 1040. The predicted molar refractivity (Wildman–Crippen MR) is 135 cm³/mol. The Hall–Kier alpha value is -2.74. The largest absolute Gasteiger partial charge is 0.493 e. The van der Waals surface area contributed by atoms with Crippen LogP contribution in [0.2, 0.25) is 0 Å². The number of ether oxygens (including phenoxy) is 1. The number of aromatic nitrogens is 2. The van der Waals surface area contributed by atoms with Gasteiger partial charge in [0.25, 0.3) is 0 Å². The number of nitrogens with zero attached hydrogens (tertiary/aromatic N) is 4. The minimum atomic E-state index is -0.408. The Labute approximate surface area is 212 Å². The Morgan fingerprint density at radius 3 is 2.67 bits per heavy atom. The molecule has 1 amide bonds. The number of carbonyl (C=O) groups excluding carboxylic acids is 1. The molecule has 3 heterocycles. The van der Waals surface area contributed by atoms with Crippen LogP contribution in [0.1, 0.15) is 49.7 Å². The molecule has 1 unspecified atom stereocenters. The molecule has 7 nitrogen and oxygen atoms in total. The van der Waals surface area contributed by atoms with Crippen molar-refractivity contribution in [2.24, 2.45) is 17.8 Å². The van der Waals surface area contributed by atoms with Crippen molar-refractivity contribution in [2.75, 3.05) is 37.7 Å². The van der Waals surface area contributed by atoms with Gasteiger partial charge >= 0.3 is 0 Å². The molecule has 5 rings (SSSR count). The van der Waals surface area contributed by atoms with Gasteiger partial charge in [-0.25, -0.2) is 14.4 Å². The van der Waals surface area contributed by atoms with E-state index < -0.39 is 5.82 Å². The van der Waals surface area contributed by atoms with E-state index in [1.54, 1.807) is 17.0 Å². The second-order valence-corrected chi connectivity index (χ2v) is 10.7. The average molecular weight is 497 g/mol. The maximum Gasteiger partial charge on any atom is 0.227 e. The number of carbonyl (C=O) groups is 1. The lowest BCUT2D eigenvalue weighted by Crippen LogP contribution is -2.38. The van der Waals surface area contributed by atoms with Gasteiger partial charge in [0.15, 0.2) is 0 Å². The molecule has 194 valence electrons. The molecule has 0 spiro atoms. The highest BCUT2D eigenvalue weighted by atomic mass is 19.1. The van der Waals surface area contributed by atoms with Gasteiger partial charge in [0, 0.05) is 38.1 Å². The van der Waals surface area contributed by atoms with Gasteiger partial charge in [-0.2, -0.15) is 0 Å². The number of benzene rings is 1. The van der Waals surface area contributed by atoms with Gasteiger partial charge < -0.3 is 19.6 Å². The lowest BCUT2D eigenvalue weighted by Gasteiger charge is -2.32. The van der Waals surface area contributed by atoms with Crippen molar-refractivity contribution in [2.45, 2.75) is 57.9 Å². The van der Waals surface area contributed by atoms with Crippen LogP contribution in [0, 0.1) is 30.5 Å². The van der Waals surface area contributed by atoms with Gasteiger partial charge in [-0.05, 0) is 80.4 Å². The molecule has 3 aliphatic rings. The number of halogens is 1. The number of hydrogen-bond donors (Lipinski definition) is 1. The molecule has 1 saturated carbocycles. The normalized spacial score (nSPS) is 24.2. The van der Waals surface area contributed by atoms with E-state index in [-0.39, 0.29) is 25.0 Å². The highest BCUT2D eigenvalue weighted by Gasteiger charge is 2.43. The van der Waals surface area contributed by atoms with Crippen molar-refractivity contribution in [3.8, 4) is 5.75 Å².